The number of aliphatic hydroxyl groups is 5. The molecule has 0 bridgehead atoms. The van der Waals surface area contributed by atoms with Gasteiger partial charge in [0, 0.05) is 23.5 Å². The monoisotopic (exact) mass is 652 g/mol. The van der Waals surface area contributed by atoms with Gasteiger partial charge in [0.25, 0.3) is 5.60 Å². The van der Waals surface area contributed by atoms with E-state index in [4.69, 9.17) is 14.2 Å². The topological polar surface area (TPSA) is 221 Å². The van der Waals surface area contributed by atoms with Crippen molar-refractivity contribution >= 4 is 29.1 Å². The van der Waals surface area contributed by atoms with Crippen molar-refractivity contribution in [1.82, 2.24) is 0 Å². The number of ketones is 2. The number of hydrogen-bond acceptors (Lipinski definition) is 13. The first-order valence-corrected chi connectivity index (χ1v) is 15.1. The van der Waals surface area contributed by atoms with Gasteiger partial charge in [-0.15, -0.1) is 0 Å². The van der Waals surface area contributed by atoms with Crippen LogP contribution in [0.4, 0.5) is 0 Å². The van der Waals surface area contributed by atoms with Gasteiger partial charge in [-0.2, -0.15) is 0 Å². The molecule has 4 aliphatic rings. The molecule has 0 unspecified atom stereocenters. The Labute approximate surface area is 268 Å². The van der Waals surface area contributed by atoms with Crippen LogP contribution in [0.5, 0.6) is 23.0 Å². The third kappa shape index (κ3) is 3.90. The van der Waals surface area contributed by atoms with Crippen molar-refractivity contribution in [3.8, 4) is 34.1 Å². The average molecular weight is 653 g/mol. The zero-order chi connectivity index (χ0) is 34.7. The van der Waals surface area contributed by atoms with Crippen molar-refractivity contribution in [1.29, 1.82) is 0 Å². The maximum Gasteiger partial charge on any atom is 0.358 e. The smallest absolute Gasteiger partial charge is 0.358 e. The van der Waals surface area contributed by atoms with Crippen LogP contribution in [-0.2, 0) is 19.1 Å². The van der Waals surface area contributed by atoms with Gasteiger partial charge in [0.05, 0.1) is 24.9 Å². The number of methoxy groups -OCH3 is 1. The second-order valence-corrected chi connectivity index (χ2v) is 13.0. The molecule has 0 amide bonds. The summed E-state index contributed by atoms with van der Waals surface area (Å²) in [7, 11) is 1.04. The average Bonchev–Trinajstić information content (AvgIpc) is 3.01. The number of aromatic hydroxyl groups is 2. The van der Waals surface area contributed by atoms with Crippen LogP contribution in [0.25, 0.3) is 22.6 Å². The molecule has 47 heavy (non-hydrogen) atoms. The van der Waals surface area contributed by atoms with Crippen LogP contribution >= 0.6 is 0 Å². The minimum Gasteiger partial charge on any atom is -0.506 e. The highest BCUT2D eigenvalue weighted by atomic mass is 16.6. The number of aliphatic hydroxyl groups excluding tert-OH is 5. The van der Waals surface area contributed by atoms with Crippen molar-refractivity contribution in [2.24, 2.45) is 17.8 Å². The van der Waals surface area contributed by atoms with Gasteiger partial charge >= 0.3 is 5.97 Å². The van der Waals surface area contributed by atoms with Crippen LogP contribution in [0.1, 0.15) is 49.4 Å². The van der Waals surface area contributed by atoms with Crippen LogP contribution in [0.15, 0.2) is 23.3 Å². The van der Waals surface area contributed by atoms with Gasteiger partial charge in [-0.05, 0) is 48.9 Å². The normalized spacial score (nSPS) is 31.3. The Kier molecular flexibility index (Phi) is 7.20. The molecule has 0 saturated heterocycles. The minimum absolute atomic E-state index is 0.0504. The maximum absolute atomic E-state index is 13.6. The van der Waals surface area contributed by atoms with E-state index in [-0.39, 0.29) is 45.7 Å². The summed E-state index contributed by atoms with van der Waals surface area (Å²) in [6.07, 6.45) is -3.14. The number of esters is 1. The standard InChI is InChI=1S/C34H36O13/c1-11-8-17-21(28(40)23-16(36)7-13(3)30(42)33(23,10-35)46-17)26(38)19(11)20-12(2)9-18-22(27(20)39)29(41)24-25(37)14(4)15(5)31(43)34(24,47-18)32(44)45-6/h8-9,13-15,30-31,35,38-43H,7,10H2,1-6H3/t13-,14-,15-,30-,31+,33+,34-/m1/s1. The Hall–Kier alpha value is -4.59. The first kappa shape index (κ1) is 32.4. The lowest BCUT2D eigenvalue weighted by molar-refractivity contribution is -0.176. The van der Waals surface area contributed by atoms with E-state index >= 15 is 0 Å². The fourth-order valence-corrected chi connectivity index (χ4v) is 7.67. The van der Waals surface area contributed by atoms with E-state index in [1.54, 1.807) is 20.8 Å². The highest BCUT2D eigenvalue weighted by Gasteiger charge is 2.65. The molecule has 2 heterocycles. The summed E-state index contributed by atoms with van der Waals surface area (Å²) >= 11 is 0. The Morgan fingerprint density at radius 3 is 1.87 bits per heavy atom. The molecule has 0 radical (unpaired) electrons. The molecule has 7 atom stereocenters. The van der Waals surface area contributed by atoms with Gasteiger partial charge in [-0.25, -0.2) is 4.79 Å². The Bertz CT molecular complexity index is 1850. The number of benzene rings is 2. The quantitative estimate of drug-likeness (QED) is 0.237. The first-order valence-electron chi connectivity index (χ1n) is 15.1. The fourth-order valence-electron chi connectivity index (χ4n) is 7.67. The predicted octanol–water partition coefficient (Wildman–Crippen LogP) is 2.53. The maximum atomic E-state index is 13.6. The molecular weight excluding hydrogens is 616 g/mol. The Morgan fingerprint density at radius 2 is 1.36 bits per heavy atom. The predicted molar refractivity (Wildman–Crippen MR) is 164 cm³/mol. The van der Waals surface area contributed by atoms with E-state index in [2.05, 4.69) is 0 Å². The largest absolute Gasteiger partial charge is 0.506 e. The summed E-state index contributed by atoms with van der Waals surface area (Å²) in [6.45, 7) is 6.91. The second kappa shape index (κ2) is 10.5. The van der Waals surface area contributed by atoms with E-state index in [0.717, 1.165) is 7.11 Å². The molecule has 2 aromatic carbocycles. The number of hydrogen-bond donors (Lipinski definition) is 7. The molecule has 2 aliphatic heterocycles. The van der Waals surface area contributed by atoms with Gasteiger partial charge < -0.3 is 50.0 Å². The number of carbonyl (C=O) groups is 3. The van der Waals surface area contributed by atoms with E-state index in [9.17, 15) is 50.1 Å². The lowest BCUT2D eigenvalue weighted by Crippen LogP contribution is -2.65. The molecule has 6 rings (SSSR count). The number of fused-ring (bicyclic) bond motifs is 4. The lowest BCUT2D eigenvalue weighted by Gasteiger charge is -2.47. The Morgan fingerprint density at radius 1 is 0.851 bits per heavy atom. The molecule has 0 spiro atoms. The van der Waals surface area contributed by atoms with Crippen LogP contribution in [0.3, 0.4) is 0 Å². The summed E-state index contributed by atoms with van der Waals surface area (Å²) in [5.74, 6) is -7.91. The van der Waals surface area contributed by atoms with Crippen LogP contribution in [0, 0.1) is 31.6 Å². The lowest BCUT2D eigenvalue weighted by atomic mass is 9.65. The first-order chi connectivity index (χ1) is 22.0. The molecule has 250 valence electrons. The zero-order valence-corrected chi connectivity index (χ0v) is 26.5. The van der Waals surface area contributed by atoms with Crippen molar-refractivity contribution in [2.45, 2.75) is 64.4 Å². The second-order valence-electron chi connectivity index (χ2n) is 13.0. The molecule has 0 aromatic heterocycles. The molecule has 13 nitrogen and oxygen atoms in total. The summed E-state index contributed by atoms with van der Waals surface area (Å²) in [4.78, 5) is 39.9. The number of phenolic OH excluding ortho intramolecular Hbond substituents is 2. The van der Waals surface area contributed by atoms with E-state index in [1.165, 1.54) is 26.0 Å². The van der Waals surface area contributed by atoms with Crippen molar-refractivity contribution < 1.29 is 64.3 Å². The molecular formula is C34H36O13. The fraction of sp³-hybridized carbons (Fsp3) is 0.441. The van der Waals surface area contributed by atoms with Gasteiger partial charge in [0.1, 0.15) is 57.9 Å². The van der Waals surface area contributed by atoms with Gasteiger partial charge in [-0.3, -0.25) is 9.59 Å². The number of Topliss-reactive ketones (excluding diaryl/α,β-unsaturated/α-hetero) is 2. The molecule has 2 aliphatic carbocycles. The van der Waals surface area contributed by atoms with Gasteiger partial charge in [0.15, 0.2) is 17.2 Å². The minimum atomic E-state index is -2.43. The van der Waals surface area contributed by atoms with E-state index in [1.807, 2.05) is 0 Å². The van der Waals surface area contributed by atoms with E-state index in [0.29, 0.717) is 0 Å². The molecule has 7 N–H and O–H groups in total. The molecule has 2 fully saturated rings. The van der Waals surface area contributed by atoms with Crippen molar-refractivity contribution in [3.05, 3.63) is 45.5 Å². The van der Waals surface area contributed by atoms with Crippen molar-refractivity contribution in [2.75, 3.05) is 13.7 Å². The molecule has 13 heteroatoms. The number of ether oxygens (including phenoxy) is 3. The van der Waals surface area contributed by atoms with Crippen LogP contribution < -0.4 is 9.47 Å². The number of carbonyl (C=O) groups excluding carboxylic acids is 3. The highest BCUT2D eigenvalue weighted by molar-refractivity contribution is 6.14. The molecule has 2 aromatic rings. The third-order valence-electron chi connectivity index (χ3n) is 10.4. The van der Waals surface area contributed by atoms with Crippen molar-refractivity contribution in [3.63, 3.8) is 0 Å². The van der Waals surface area contributed by atoms with Crippen LogP contribution in [0.2, 0.25) is 0 Å². The number of aryl methyl sites for hydroxylation is 2. The van der Waals surface area contributed by atoms with Gasteiger partial charge in [0.2, 0.25) is 0 Å². The molecule has 2 saturated carbocycles. The summed E-state index contributed by atoms with van der Waals surface area (Å²) in [5.41, 5.74) is -5.73. The third-order valence-corrected chi connectivity index (χ3v) is 10.4. The summed E-state index contributed by atoms with van der Waals surface area (Å²) in [5, 5.41) is 79.2. The summed E-state index contributed by atoms with van der Waals surface area (Å²) in [6, 6.07) is 2.74. The van der Waals surface area contributed by atoms with E-state index < -0.39 is 105 Å². The van der Waals surface area contributed by atoms with Crippen LogP contribution in [-0.4, -0.2) is 90.4 Å². The number of phenols is 2. The summed E-state index contributed by atoms with van der Waals surface area (Å²) < 4.78 is 17.0. The van der Waals surface area contributed by atoms with Gasteiger partial charge in [-0.1, -0.05) is 20.8 Å². The SMILES string of the molecule is COC(=O)[C@@]12Oc3cc(C)c(-c4c(C)cc5c(c4O)C(O)=C4C(=O)C[C@@H](C)[C@@H](O)[C@@]4(CO)O5)c(O)c3C(O)=C1C(=O)[C@H](C)[C@@H](C)[C@@H]2O. The highest BCUT2D eigenvalue weighted by Crippen LogP contribution is 2.57. The number of rotatable bonds is 3. The zero-order valence-electron chi connectivity index (χ0n) is 26.5. The Balaban J connectivity index is 1.61.